The van der Waals surface area contributed by atoms with Gasteiger partial charge in [0.05, 0.1) is 23.6 Å². The lowest BCUT2D eigenvalue weighted by atomic mass is 10.2. The topological polar surface area (TPSA) is 70.6 Å². The summed E-state index contributed by atoms with van der Waals surface area (Å²) in [7, 11) is 1.85. The minimum atomic E-state index is -0.0355. The summed E-state index contributed by atoms with van der Waals surface area (Å²) in [6, 6.07) is 2.25. The summed E-state index contributed by atoms with van der Waals surface area (Å²) in [5, 5.41) is 14.0. The van der Waals surface area contributed by atoms with E-state index in [0.717, 1.165) is 23.4 Å². The summed E-state index contributed by atoms with van der Waals surface area (Å²) in [6.45, 7) is 5.42. The van der Waals surface area contributed by atoms with Gasteiger partial charge in [-0.25, -0.2) is 9.97 Å². The summed E-state index contributed by atoms with van der Waals surface area (Å²) in [5.41, 5.74) is 0.808. The van der Waals surface area contributed by atoms with Gasteiger partial charge in [-0.3, -0.25) is 4.68 Å². The Morgan fingerprint density at radius 1 is 1.50 bits per heavy atom. The summed E-state index contributed by atoms with van der Waals surface area (Å²) in [6.07, 6.45) is 3.31. The fourth-order valence-corrected chi connectivity index (χ4v) is 1.94. The molecule has 0 saturated carbocycles. The molecule has 0 saturated heterocycles. The third kappa shape index (κ3) is 2.12. The van der Waals surface area contributed by atoms with E-state index in [9.17, 15) is 0 Å². The summed E-state index contributed by atoms with van der Waals surface area (Å²) in [4.78, 5) is 10.6. The standard InChI is InChI=1S/C12H16N6/c1-4-18(7-9(2)5-13)12-10-6-16-17(3)11(10)14-8-15-12/h6,8-9H,4,7H2,1-3H3. The number of aryl methyl sites for hydroxylation is 1. The van der Waals surface area contributed by atoms with Gasteiger partial charge in [0.2, 0.25) is 0 Å². The molecule has 0 N–H and O–H groups in total. The first-order valence-corrected chi connectivity index (χ1v) is 5.94. The Kier molecular flexibility index (Phi) is 3.42. The number of anilines is 1. The van der Waals surface area contributed by atoms with Gasteiger partial charge >= 0.3 is 0 Å². The van der Waals surface area contributed by atoms with Crippen molar-refractivity contribution in [3.63, 3.8) is 0 Å². The lowest BCUT2D eigenvalue weighted by molar-refractivity contribution is 0.681. The molecule has 0 spiro atoms. The van der Waals surface area contributed by atoms with Gasteiger partial charge < -0.3 is 4.90 Å². The highest BCUT2D eigenvalue weighted by atomic mass is 15.3. The summed E-state index contributed by atoms with van der Waals surface area (Å²) >= 11 is 0. The van der Waals surface area contributed by atoms with E-state index in [1.165, 1.54) is 0 Å². The molecule has 6 heteroatoms. The van der Waals surface area contributed by atoms with Gasteiger partial charge in [-0.15, -0.1) is 0 Å². The molecule has 0 aliphatic rings. The summed E-state index contributed by atoms with van der Waals surface area (Å²) < 4.78 is 1.72. The Morgan fingerprint density at radius 2 is 2.28 bits per heavy atom. The fourth-order valence-electron chi connectivity index (χ4n) is 1.94. The van der Waals surface area contributed by atoms with Crippen LogP contribution in [0.15, 0.2) is 12.5 Å². The van der Waals surface area contributed by atoms with Gasteiger partial charge in [0.1, 0.15) is 12.1 Å². The van der Waals surface area contributed by atoms with E-state index in [1.807, 2.05) is 14.0 Å². The molecule has 18 heavy (non-hydrogen) atoms. The van der Waals surface area contributed by atoms with Crippen LogP contribution in [-0.4, -0.2) is 32.8 Å². The minimum Gasteiger partial charge on any atom is -0.355 e. The highest BCUT2D eigenvalue weighted by Gasteiger charge is 2.15. The zero-order chi connectivity index (χ0) is 13.1. The second kappa shape index (κ2) is 5.00. The van der Waals surface area contributed by atoms with E-state index in [0.29, 0.717) is 6.54 Å². The molecule has 1 unspecified atom stereocenters. The van der Waals surface area contributed by atoms with Crippen LogP contribution in [0.4, 0.5) is 5.82 Å². The molecular formula is C12H16N6. The van der Waals surface area contributed by atoms with Crippen LogP contribution in [0.2, 0.25) is 0 Å². The molecule has 0 radical (unpaired) electrons. The van der Waals surface area contributed by atoms with Crippen LogP contribution in [0.25, 0.3) is 11.0 Å². The van der Waals surface area contributed by atoms with Crippen molar-refractivity contribution in [1.29, 1.82) is 5.26 Å². The SMILES string of the molecule is CCN(CC(C)C#N)c1ncnc2c1cnn2C. The molecule has 1 atom stereocenters. The van der Waals surface area contributed by atoms with Crippen molar-refractivity contribution in [2.24, 2.45) is 13.0 Å². The van der Waals surface area contributed by atoms with Crippen molar-refractivity contribution in [3.05, 3.63) is 12.5 Å². The first-order valence-electron chi connectivity index (χ1n) is 5.94. The van der Waals surface area contributed by atoms with E-state index < -0.39 is 0 Å². The van der Waals surface area contributed by atoms with Gasteiger partial charge in [-0.1, -0.05) is 0 Å². The smallest absolute Gasteiger partial charge is 0.163 e. The van der Waals surface area contributed by atoms with Crippen LogP contribution >= 0.6 is 0 Å². The number of nitrogens with zero attached hydrogens (tertiary/aromatic N) is 6. The molecule has 0 amide bonds. The maximum absolute atomic E-state index is 8.92. The zero-order valence-corrected chi connectivity index (χ0v) is 10.8. The molecule has 2 rings (SSSR count). The number of nitriles is 1. The van der Waals surface area contributed by atoms with Crippen LogP contribution in [0.1, 0.15) is 13.8 Å². The average Bonchev–Trinajstić information content (AvgIpc) is 2.78. The molecule has 94 valence electrons. The Hall–Kier alpha value is -2.16. The molecule has 0 aliphatic carbocycles. The molecule has 0 aromatic carbocycles. The molecule has 2 heterocycles. The highest BCUT2D eigenvalue weighted by Crippen LogP contribution is 2.22. The van der Waals surface area contributed by atoms with Crippen molar-refractivity contribution in [2.45, 2.75) is 13.8 Å². The third-order valence-corrected chi connectivity index (χ3v) is 2.90. The quantitative estimate of drug-likeness (QED) is 0.811. The lowest BCUT2D eigenvalue weighted by Crippen LogP contribution is -2.28. The van der Waals surface area contributed by atoms with Gasteiger partial charge in [0, 0.05) is 20.1 Å². The van der Waals surface area contributed by atoms with Crippen LogP contribution in [0.5, 0.6) is 0 Å². The van der Waals surface area contributed by atoms with Gasteiger partial charge in [0.15, 0.2) is 5.65 Å². The first kappa shape index (κ1) is 12.3. The Morgan fingerprint density at radius 3 is 2.94 bits per heavy atom. The predicted octanol–water partition coefficient (Wildman–Crippen LogP) is 1.35. The number of hydrogen-bond acceptors (Lipinski definition) is 5. The van der Waals surface area contributed by atoms with E-state index in [2.05, 4.69) is 33.0 Å². The Bertz CT molecular complexity index is 582. The monoisotopic (exact) mass is 244 g/mol. The van der Waals surface area contributed by atoms with E-state index in [-0.39, 0.29) is 5.92 Å². The van der Waals surface area contributed by atoms with Crippen LogP contribution in [0.3, 0.4) is 0 Å². The maximum atomic E-state index is 8.92. The van der Waals surface area contributed by atoms with E-state index in [1.54, 1.807) is 17.2 Å². The fraction of sp³-hybridized carbons (Fsp3) is 0.500. The number of aromatic nitrogens is 4. The van der Waals surface area contributed by atoms with Gasteiger partial charge in [-0.2, -0.15) is 10.4 Å². The van der Waals surface area contributed by atoms with Crippen molar-refractivity contribution in [3.8, 4) is 6.07 Å². The number of fused-ring (bicyclic) bond motifs is 1. The zero-order valence-electron chi connectivity index (χ0n) is 10.8. The second-order valence-corrected chi connectivity index (χ2v) is 4.27. The average molecular weight is 244 g/mol. The van der Waals surface area contributed by atoms with Crippen LogP contribution < -0.4 is 4.90 Å². The largest absolute Gasteiger partial charge is 0.355 e. The van der Waals surface area contributed by atoms with E-state index >= 15 is 0 Å². The predicted molar refractivity (Wildman–Crippen MR) is 69.0 cm³/mol. The molecule has 2 aromatic rings. The number of rotatable bonds is 4. The molecule has 2 aromatic heterocycles. The molecule has 0 aliphatic heterocycles. The Balaban J connectivity index is 2.42. The number of hydrogen-bond donors (Lipinski definition) is 0. The van der Waals surface area contributed by atoms with Crippen molar-refractivity contribution < 1.29 is 0 Å². The Labute approximate surface area is 106 Å². The lowest BCUT2D eigenvalue weighted by Gasteiger charge is -2.23. The molecule has 6 nitrogen and oxygen atoms in total. The summed E-state index contributed by atoms with van der Waals surface area (Å²) in [5.74, 6) is 0.810. The highest BCUT2D eigenvalue weighted by molar-refractivity contribution is 5.86. The van der Waals surface area contributed by atoms with Crippen molar-refractivity contribution in [2.75, 3.05) is 18.0 Å². The normalized spacial score (nSPS) is 12.3. The van der Waals surface area contributed by atoms with Gasteiger partial charge in [0.25, 0.3) is 0 Å². The van der Waals surface area contributed by atoms with Crippen LogP contribution in [-0.2, 0) is 7.05 Å². The molecule has 0 bridgehead atoms. The van der Waals surface area contributed by atoms with E-state index in [4.69, 9.17) is 5.26 Å². The van der Waals surface area contributed by atoms with Gasteiger partial charge in [-0.05, 0) is 13.8 Å². The molecule has 0 fully saturated rings. The molecular weight excluding hydrogens is 228 g/mol. The van der Waals surface area contributed by atoms with Crippen molar-refractivity contribution >= 4 is 16.9 Å². The van der Waals surface area contributed by atoms with Crippen molar-refractivity contribution in [1.82, 2.24) is 19.7 Å². The minimum absolute atomic E-state index is 0.0355. The third-order valence-electron chi connectivity index (χ3n) is 2.90. The van der Waals surface area contributed by atoms with Crippen LogP contribution in [0, 0.1) is 17.2 Å². The first-order chi connectivity index (χ1) is 8.67. The second-order valence-electron chi connectivity index (χ2n) is 4.27. The maximum Gasteiger partial charge on any atom is 0.163 e.